The molecule has 1 aliphatic rings. The summed E-state index contributed by atoms with van der Waals surface area (Å²) < 4.78 is 46.7. The van der Waals surface area contributed by atoms with Crippen LogP contribution in [-0.4, -0.2) is 36.0 Å². The molecule has 1 fully saturated rings. The molecule has 0 bridgehead atoms. The van der Waals surface area contributed by atoms with Crippen molar-refractivity contribution >= 4 is 10.0 Å². The fraction of sp³-hybridized carbons (Fsp3) is 0.364. The van der Waals surface area contributed by atoms with Crippen molar-refractivity contribution in [2.24, 2.45) is 0 Å². The molecule has 3 aromatic rings. The molecule has 0 spiro atoms. The first-order valence-electron chi connectivity index (χ1n) is 9.97. The van der Waals surface area contributed by atoms with Gasteiger partial charge in [0.15, 0.2) is 0 Å². The molecule has 2 heterocycles. The van der Waals surface area contributed by atoms with Crippen molar-refractivity contribution in [3.05, 3.63) is 76.8 Å². The van der Waals surface area contributed by atoms with Gasteiger partial charge < -0.3 is 4.42 Å². The molecule has 0 N–H and O–H groups in total. The summed E-state index contributed by atoms with van der Waals surface area (Å²) in [5, 5.41) is 8.25. The minimum absolute atomic E-state index is 0.144. The molecule has 6 nitrogen and oxygen atoms in total. The Kier molecular flexibility index (Phi) is 5.71. The van der Waals surface area contributed by atoms with Crippen LogP contribution in [0.25, 0.3) is 0 Å². The van der Waals surface area contributed by atoms with Crippen LogP contribution in [0.1, 0.15) is 47.2 Å². The predicted molar refractivity (Wildman–Crippen MR) is 110 cm³/mol. The van der Waals surface area contributed by atoms with Crippen molar-refractivity contribution in [1.82, 2.24) is 14.5 Å². The largest absolute Gasteiger partial charge is 0.425 e. The van der Waals surface area contributed by atoms with Gasteiger partial charge in [-0.3, -0.25) is 0 Å². The highest BCUT2D eigenvalue weighted by Gasteiger charge is 2.33. The lowest BCUT2D eigenvalue weighted by atomic mass is 10.00. The van der Waals surface area contributed by atoms with Crippen molar-refractivity contribution in [1.29, 1.82) is 0 Å². The number of piperidine rings is 1. The Balaban J connectivity index is 1.49. The quantitative estimate of drug-likeness (QED) is 0.613. The standard InChI is InChI=1S/C22H24FN3O3S/c1-15-5-10-20(12-16(15)2)30(27,28)26-11-3-4-18(14-26)22-25-24-21(29-22)13-17-6-8-19(23)9-7-17/h5-10,12,18H,3-4,11,13-14H2,1-2H3. The highest BCUT2D eigenvalue weighted by molar-refractivity contribution is 7.89. The Labute approximate surface area is 175 Å². The molecule has 1 atom stereocenters. The third kappa shape index (κ3) is 4.29. The molecule has 4 rings (SSSR count). The van der Waals surface area contributed by atoms with Gasteiger partial charge >= 0.3 is 0 Å². The summed E-state index contributed by atoms with van der Waals surface area (Å²) in [6.07, 6.45) is 1.92. The van der Waals surface area contributed by atoms with Crippen LogP contribution in [0, 0.1) is 19.7 Å². The number of hydrogen-bond acceptors (Lipinski definition) is 5. The zero-order valence-corrected chi connectivity index (χ0v) is 17.8. The zero-order valence-electron chi connectivity index (χ0n) is 17.0. The van der Waals surface area contributed by atoms with Gasteiger partial charge in [-0.25, -0.2) is 12.8 Å². The van der Waals surface area contributed by atoms with E-state index in [9.17, 15) is 12.8 Å². The lowest BCUT2D eigenvalue weighted by Gasteiger charge is -2.30. The van der Waals surface area contributed by atoms with E-state index in [1.807, 2.05) is 19.9 Å². The number of benzene rings is 2. The molecule has 1 unspecified atom stereocenters. The van der Waals surface area contributed by atoms with Crippen LogP contribution in [0.2, 0.25) is 0 Å². The molecular weight excluding hydrogens is 405 g/mol. The molecule has 8 heteroatoms. The second-order valence-corrected chi connectivity index (χ2v) is 9.72. The summed E-state index contributed by atoms with van der Waals surface area (Å²) in [6.45, 7) is 4.66. The van der Waals surface area contributed by atoms with Crippen molar-refractivity contribution in [3.63, 3.8) is 0 Å². The van der Waals surface area contributed by atoms with Crippen LogP contribution in [-0.2, 0) is 16.4 Å². The number of aromatic nitrogens is 2. The molecule has 158 valence electrons. The van der Waals surface area contributed by atoms with Gasteiger partial charge in [-0.2, -0.15) is 4.31 Å². The average molecular weight is 430 g/mol. The second-order valence-electron chi connectivity index (χ2n) is 7.79. The Morgan fingerprint density at radius 3 is 2.60 bits per heavy atom. The SMILES string of the molecule is Cc1ccc(S(=O)(=O)N2CCCC(c3nnc(Cc4ccc(F)cc4)o3)C2)cc1C. The molecule has 2 aromatic carbocycles. The van der Waals surface area contributed by atoms with Gasteiger partial charge in [-0.05, 0) is 67.6 Å². The van der Waals surface area contributed by atoms with E-state index in [2.05, 4.69) is 10.2 Å². The molecular formula is C22H24FN3O3S. The molecule has 1 aliphatic heterocycles. The fourth-order valence-electron chi connectivity index (χ4n) is 3.67. The molecule has 30 heavy (non-hydrogen) atoms. The predicted octanol–water partition coefficient (Wildman–Crippen LogP) is 3.98. The van der Waals surface area contributed by atoms with Crippen molar-refractivity contribution in [2.45, 2.75) is 43.9 Å². The normalized spacial score (nSPS) is 17.9. The van der Waals surface area contributed by atoms with Gasteiger partial charge in [0.05, 0.1) is 17.2 Å². The zero-order chi connectivity index (χ0) is 21.3. The van der Waals surface area contributed by atoms with Crippen molar-refractivity contribution in [3.8, 4) is 0 Å². The molecule has 1 aromatic heterocycles. The molecule has 0 aliphatic carbocycles. The Morgan fingerprint density at radius 2 is 1.87 bits per heavy atom. The lowest BCUT2D eigenvalue weighted by molar-refractivity contribution is 0.281. The van der Waals surface area contributed by atoms with E-state index in [1.54, 1.807) is 24.3 Å². The van der Waals surface area contributed by atoms with Gasteiger partial charge in [0.2, 0.25) is 21.8 Å². The van der Waals surface area contributed by atoms with Crippen molar-refractivity contribution < 1.29 is 17.2 Å². The van der Waals surface area contributed by atoms with Crippen LogP contribution in [0.3, 0.4) is 0 Å². The number of aryl methyl sites for hydroxylation is 2. The van der Waals surface area contributed by atoms with E-state index >= 15 is 0 Å². The third-order valence-electron chi connectivity index (χ3n) is 5.60. The van der Waals surface area contributed by atoms with Gasteiger partial charge in [-0.1, -0.05) is 18.2 Å². The Bertz CT molecular complexity index is 1140. The Hall–Kier alpha value is -2.58. The minimum Gasteiger partial charge on any atom is -0.425 e. The van der Waals surface area contributed by atoms with Crippen molar-refractivity contribution in [2.75, 3.05) is 13.1 Å². The van der Waals surface area contributed by atoms with Crippen LogP contribution in [0.15, 0.2) is 51.8 Å². The lowest BCUT2D eigenvalue weighted by Crippen LogP contribution is -2.39. The van der Waals surface area contributed by atoms with Crippen LogP contribution >= 0.6 is 0 Å². The number of sulfonamides is 1. The summed E-state index contributed by atoms with van der Waals surface area (Å²) in [4.78, 5) is 0.314. The van der Waals surface area contributed by atoms with Gasteiger partial charge in [0, 0.05) is 13.1 Å². The fourth-order valence-corrected chi connectivity index (χ4v) is 5.28. The maximum Gasteiger partial charge on any atom is 0.243 e. The first kappa shape index (κ1) is 20.7. The summed E-state index contributed by atoms with van der Waals surface area (Å²) >= 11 is 0. The molecule has 1 saturated heterocycles. The first-order valence-corrected chi connectivity index (χ1v) is 11.4. The van der Waals surface area contributed by atoms with Crippen LogP contribution < -0.4 is 0 Å². The number of halogens is 1. The van der Waals surface area contributed by atoms with E-state index < -0.39 is 10.0 Å². The van der Waals surface area contributed by atoms with Gasteiger partial charge in [0.1, 0.15) is 5.82 Å². The maximum absolute atomic E-state index is 13.1. The first-order chi connectivity index (χ1) is 14.3. The number of hydrogen-bond donors (Lipinski definition) is 0. The molecule has 0 saturated carbocycles. The second kappa shape index (κ2) is 8.28. The Morgan fingerprint density at radius 1 is 1.10 bits per heavy atom. The van der Waals surface area contributed by atoms with E-state index in [0.717, 1.165) is 29.5 Å². The van der Waals surface area contributed by atoms with E-state index in [1.165, 1.54) is 16.4 Å². The summed E-state index contributed by atoms with van der Waals surface area (Å²) in [7, 11) is -3.58. The van der Waals surface area contributed by atoms with Crippen LogP contribution in [0.5, 0.6) is 0 Å². The monoisotopic (exact) mass is 429 g/mol. The average Bonchev–Trinajstić information content (AvgIpc) is 3.20. The summed E-state index contributed by atoms with van der Waals surface area (Å²) in [5.41, 5.74) is 2.88. The van der Waals surface area contributed by atoms with E-state index in [-0.39, 0.29) is 11.7 Å². The smallest absolute Gasteiger partial charge is 0.243 e. The molecule has 0 amide bonds. The highest BCUT2D eigenvalue weighted by atomic mass is 32.2. The summed E-state index contributed by atoms with van der Waals surface area (Å²) in [5.74, 6) is 0.449. The van der Waals surface area contributed by atoms with Crippen LogP contribution in [0.4, 0.5) is 4.39 Å². The number of rotatable bonds is 5. The maximum atomic E-state index is 13.1. The molecule has 0 radical (unpaired) electrons. The highest BCUT2D eigenvalue weighted by Crippen LogP contribution is 2.30. The minimum atomic E-state index is -3.58. The summed E-state index contributed by atoms with van der Waals surface area (Å²) in [6, 6.07) is 11.4. The topological polar surface area (TPSA) is 76.3 Å². The van der Waals surface area contributed by atoms with E-state index in [0.29, 0.717) is 36.2 Å². The third-order valence-corrected chi connectivity index (χ3v) is 7.46. The van der Waals surface area contributed by atoms with Gasteiger partial charge in [0.25, 0.3) is 0 Å². The van der Waals surface area contributed by atoms with E-state index in [4.69, 9.17) is 4.42 Å². The van der Waals surface area contributed by atoms with Gasteiger partial charge in [-0.15, -0.1) is 10.2 Å². The number of nitrogens with zero attached hydrogens (tertiary/aromatic N) is 3.